The van der Waals surface area contributed by atoms with Crippen LogP contribution in [0, 0.1) is 6.92 Å². The minimum atomic E-state index is -3.09. The summed E-state index contributed by atoms with van der Waals surface area (Å²) in [5.41, 5.74) is 0.824. The second-order valence-electron chi connectivity index (χ2n) is 3.33. The molecule has 88 valence electrons. The van der Waals surface area contributed by atoms with Gasteiger partial charge in [0.2, 0.25) is 5.78 Å². The summed E-state index contributed by atoms with van der Waals surface area (Å²) >= 11 is 0. The third kappa shape index (κ3) is 2.50. The van der Waals surface area contributed by atoms with E-state index < -0.39 is 24.4 Å². The molecule has 1 heterocycles. The summed E-state index contributed by atoms with van der Waals surface area (Å²) in [6, 6.07) is 0. The van der Waals surface area contributed by atoms with Crippen molar-refractivity contribution in [2.45, 2.75) is 33.2 Å². The smallest absolute Gasteiger partial charge is 0.294 e. The number of carbonyl (C=O) groups is 2. The van der Waals surface area contributed by atoms with Gasteiger partial charge in [0, 0.05) is 12.2 Å². The molecule has 0 unspecified atom stereocenters. The molecule has 0 atom stereocenters. The number of hydrogen-bond donors (Lipinski definition) is 0. The molecule has 1 aromatic heterocycles. The fourth-order valence-corrected chi connectivity index (χ4v) is 1.37. The molecule has 16 heavy (non-hydrogen) atoms. The number of ketones is 2. The molecule has 0 saturated carbocycles. The van der Waals surface area contributed by atoms with E-state index in [-0.39, 0.29) is 5.56 Å². The lowest BCUT2D eigenvalue weighted by Crippen LogP contribution is -2.16. The molecule has 0 radical (unpaired) electrons. The zero-order chi connectivity index (χ0) is 12.3. The maximum absolute atomic E-state index is 12.0. The van der Waals surface area contributed by atoms with Gasteiger partial charge in [-0.3, -0.25) is 14.3 Å². The Morgan fingerprint density at radius 3 is 2.56 bits per heavy atom. The van der Waals surface area contributed by atoms with Gasteiger partial charge in [0.15, 0.2) is 5.78 Å². The molecule has 0 aliphatic carbocycles. The Hall–Kier alpha value is -1.59. The van der Waals surface area contributed by atoms with Gasteiger partial charge in [-0.2, -0.15) is 5.10 Å². The molecule has 0 aromatic carbocycles. The molecule has 0 bridgehead atoms. The van der Waals surface area contributed by atoms with Gasteiger partial charge in [0.25, 0.3) is 6.43 Å². The van der Waals surface area contributed by atoms with E-state index >= 15 is 0 Å². The van der Waals surface area contributed by atoms with E-state index in [0.717, 1.165) is 0 Å². The molecule has 1 aromatic rings. The monoisotopic (exact) mass is 230 g/mol. The molecule has 0 N–H and O–H groups in total. The lowest BCUT2D eigenvalue weighted by Gasteiger charge is -2.01. The molecule has 0 fully saturated rings. The van der Waals surface area contributed by atoms with Crippen LogP contribution in [0.25, 0.3) is 0 Å². The molecule has 0 saturated heterocycles. The van der Waals surface area contributed by atoms with Crippen LogP contribution >= 0.6 is 0 Å². The Balaban J connectivity index is 2.81. The maximum atomic E-state index is 12.0. The van der Waals surface area contributed by atoms with Crippen LogP contribution in [0.15, 0.2) is 6.20 Å². The predicted octanol–water partition coefficient (Wildman–Crippen LogP) is 1.62. The van der Waals surface area contributed by atoms with E-state index in [0.29, 0.717) is 12.2 Å². The van der Waals surface area contributed by atoms with Crippen LogP contribution in [0.4, 0.5) is 8.78 Å². The average Bonchev–Trinajstić information content (AvgIpc) is 2.59. The number of aromatic nitrogens is 2. The van der Waals surface area contributed by atoms with Crippen LogP contribution in [0.3, 0.4) is 0 Å². The highest BCUT2D eigenvalue weighted by Crippen LogP contribution is 2.11. The first kappa shape index (κ1) is 12.5. The number of halogens is 2. The van der Waals surface area contributed by atoms with Crippen molar-refractivity contribution in [2.24, 2.45) is 0 Å². The Morgan fingerprint density at radius 1 is 1.50 bits per heavy atom. The summed E-state index contributed by atoms with van der Waals surface area (Å²) in [6.07, 6.45) is -2.56. The van der Waals surface area contributed by atoms with Crippen LogP contribution in [-0.2, 0) is 11.3 Å². The number of nitrogens with zero attached hydrogens (tertiary/aromatic N) is 2. The van der Waals surface area contributed by atoms with Crippen molar-refractivity contribution in [1.82, 2.24) is 9.78 Å². The van der Waals surface area contributed by atoms with Crippen LogP contribution in [0.1, 0.15) is 29.4 Å². The summed E-state index contributed by atoms with van der Waals surface area (Å²) in [4.78, 5) is 22.2. The van der Waals surface area contributed by atoms with Crippen molar-refractivity contribution in [2.75, 3.05) is 0 Å². The molecule has 0 aliphatic heterocycles. The second-order valence-corrected chi connectivity index (χ2v) is 3.33. The Labute approximate surface area is 91.2 Å². The Morgan fingerprint density at radius 2 is 2.12 bits per heavy atom. The third-order valence-corrected chi connectivity index (χ3v) is 2.28. The highest BCUT2D eigenvalue weighted by molar-refractivity contribution is 6.09. The highest BCUT2D eigenvalue weighted by Gasteiger charge is 2.22. The summed E-state index contributed by atoms with van der Waals surface area (Å²) in [7, 11) is 0. The fraction of sp³-hybridized carbons (Fsp3) is 0.500. The molecule has 0 aliphatic rings. The number of aryl methyl sites for hydroxylation is 1. The number of Topliss-reactive ketones (excluding diaryl/α,β-unsaturated/α-hetero) is 2. The molecule has 1 rings (SSSR count). The topological polar surface area (TPSA) is 52.0 Å². The van der Waals surface area contributed by atoms with Crippen LogP contribution in [0.5, 0.6) is 0 Å². The van der Waals surface area contributed by atoms with Crippen molar-refractivity contribution in [3.63, 3.8) is 0 Å². The normalized spacial score (nSPS) is 10.8. The second kappa shape index (κ2) is 4.96. The van der Waals surface area contributed by atoms with Gasteiger partial charge in [-0.25, -0.2) is 8.78 Å². The van der Waals surface area contributed by atoms with Crippen LogP contribution in [-0.4, -0.2) is 27.8 Å². The van der Waals surface area contributed by atoms with Gasteiger partial charge < -0.3 is 0 Å². The van der Waals surface area contributed by atoms with Gasteiger partial charge in [0.1, 0.15) is 0 Å². The Bertz CT molecular complexity index is 413. The molecular weight excluding hydrogens is 218 g/mol. The lowest BCUT2D eigenvalue weighted by atomic mass is 10.1. The first-order valence-electron chi connectivity index (χ1n) is 4.83. The first-order chi connectivity index (χ1) is 7.47. The molecule has 6 heteroatoms. The number of rotatable bonds is 5. The van der Waals surface area contributed by atoms with Crippen molar-refractivity contribution < 1.29 is 18.4 Å². The van der Waals surface area contributed by atoms with E-state index in [1.807, 2.05) is 6.92 Å². The zero-order valence-electron chi connectivity index (χ0n) is 9.04. The van der Waals surface area contributed by atoms with Gasteiger partial charge in [-0.15, -0.1) is 0 Å². The van der Waals surface area contributed by atoms with E-state index in [9.17, 15) is 18.4 Å². The summed E-state index contributed by atoms with van der Waals surface area (Å²) in [5.74, 6) is -1.96. The molecule has 4 nitrogen and oxygen atoms in total. The fourth-order valence-electron chi connectivity index (χ4n) is 1.37. The van der Waals surface area contributed by atoms with Gasteiger partial charge >= 0.3 is 0 Å². The molecular formula is C10H12F2N2O2. The zero-order valence-corrected chi connectivity index (χ0v) is 9.04. The van der Waals surface area contributed by atoms with Crippen molar-refractivity contribution in [3.8, 4) is 0 Å². The average molecular weight is 230 g/mol. The SMILES string of the molecule is CCn1ncc(C(=O)CC(=O)C(F)F)c1C. The minimum Gasteiger partial charge on any atom is -0.294 e. The third-order valence-electron chi connectivity index (χ3n) is 2.28. The highest BCUT2D eigenvalue weighted by atomic mass is 19.3. The number of alkyl halides is 2. The summed E-state index contributed by atoms with van der Waals surface area (Å²) in [5, 5.41) is 3.90. The van der Waals surface area contributed by atoms with Gasteiger partial charge in [0.05, 0.1) is 18.2 Å². The van der Waals surface area contributed by atoms with Crippen molar-refractivity contribution in [3.05, 3.63) is 17.5 Å². The lowest BCUT2D eigenvalue weighted by molar-refractivity contribution is -0.128. The standard InChI is InChI=1S/C10H12F2N2O2/c1-3-14-6(2)7(5-13-14)8(15)4-9(16)10(11)12/h5,10H,3-4H2,1-2H3. The van der Waals surface area contributed by atoms with Crippen LogP contribution in [0.2, 0.25) is 0 Å². The maximum Gasteiger partial charge on any atom is 0.296 e. The van der Waals surface area contributed by atoms with Gasteiger partial charge in [-0.1, -0.05) is 0 Å². The van der Waals surface area contributed by atoms with E-state index in [1.165, 1.54) is 6.20 Å². The summed E-state index contributed by atoms with van der Waals surface area (Å²) < 4.78 is 25.5. The van der Waals surface area contributed by atoms with E-state index in [1.54, 1.807) is 11.6 Å². The van der Waals surface area contributed by atoms with Crippen molar-refractivity contribution >= 4 is 11.6 Å². The van der Waals surface area contributed by atoms with Crippen LogP contribution < -0.4 is 0 Å². The first-order valence-corrected chi connectivity index (χ1v) is 4.83. The quantitative estimate of drug-likeness (QED) is 0.570. The molecule has 0 amide bonds. The predicted molar refractivity (Wildman–Crippen MR) is 52.6 cm³/mol. The van der Waals surface area contributed by atoms with Gasteiger partial charge in [-0.05, 0) is 13.8 Å². The summed E-state index contributed by atoms with van der Waals surface area (Å²) in [6.45, 7) is 4.09. The van der Waals surface area contributed by atoms with E-state index in [4.69, 9.17) is 0 Å². The molecule has 0 spiro atoms. The Kier molecular flexibility index (Phi) is 3.87. The van der Waals surface area contributed by atoms with E-state index in [2.05, 4.69) is 5.10 Å². The van der Waals surface area contributed by atoms with Crippen molar-refractivity contribution in [1.29, 1.82) is 0 Å². The number of carbonyl (C=O) groups excluding carboxylic acids is 2. The largest absolute Gasteiger partial charge is 0.296 e. The number of hydrogen-bond acceptors (Lipinski definition) is 3. The minimum absolute atomic E-state index is 0.232.